The van der Waals surface area contributed by atoms with E-state index in [9.17, 15) is 4.79 Å². The number of pyridine rings is 1. The molecule has 0 saturated heterocycles. The summed E-state index contributed by atoms with van der Waals surface area (Å²) >= 11 is 0. The SMILES string of the molecule is O=c1cccnc2cnccc12. The summed E-state index contributed by atoms with van der Waals surface area (Å²) in [5.41, 5.74) is 0.609. The van der Waals surface area contributed by atoms with Crippen molar-refractivity contribution in [1.29, 1.82) is 0 Å². The Hall–Kier alpha value is -1.77. The summed E-state index contributed by atoms with van der Waals surface area (Å²) in [6.45, 7) is 0. The molecule has 0 amide bonds. The highest BCUT2D eigenvalue weighted by molar-refractivity contribution is 5.75. The van der Waals surface area contributed by atoms with Gasteiger partial charge in [0.1, 0.15) is 0 Å². The topological polar surface area (TPSA) is 42.9 Å². The summed E-state index contributed by atoms with van der Waals surface area (Å²) in [5, 5.41) is 0.606. The number of fused-ring (bicyclic) bond motifs is 1. The van der Waals surface area contributed by atoms with Gasteiger partial charge < -0.3 is 0 Å². The Labute approximate surface area is 68.7 Å². The van der Waals surface area contributed by atoms with Crippen LogP contribution in [0, 0.1) is 0 Å². The fourth-order valence-corrected chi connectivity index (χ4v) is 1.04. The Bertz CT molecular complexity index is 468. The second-order valence-electron chi connectivity index (χ2n) is 2.39. The third-order valence-electron chi connectivity index (χ3n) is 1.61. The van der Waals surface area contributed by atoms with E-state index in [4.69, 9.17) is 0 Å². The predicted octanol–water partition coefficient (Wildman–Crippen LogP) is 0.990. The molecule has 0 aliphatic carbocycles. The highest BCUT2D eigenvalue weighted by atomic mass is 16.1. The fraction of sp³-hybridized carbons (Fsp3) is 0. The van der Waals surface area contributed by atoms with Crippen molar-refractivity contribution in [1.82, 2.24) is 9.97 Å². The van der Waals surface area contributed by atoms with Gasteiger partial charge in [-0.25, -0.2) is 0 Å². The van der Waals surface area contributed by atoms with E-state index in [0.717, 1.165) is 0 Å². The van der Waals surface area contributed by atoms with E-state index >= 15 is 0 Å². The number of rotatable bonds is 0. The lowest BCUT2D eigenvalue weighted by atomic mass is 10.3. The molecular weight excluding hydrogens is 152 g/mol. The zero-order valence-electron chi connectivity index (χ0n) is 6.27. The van der Waals surface area contributed by atoms with Gasteiger partial charge in [-0.05, 0) is 18.2 Å². The molecule has 0 fully saturated rings. The minimum absolute atomic E-state index is 0.0232. The number of nitrogens with zero attached hydrogens (tertiary/aromatic N) is 2. The molecule has 0 bridgehead atoms. The third-order valence-corrected chi connectivity index (χ3v) is 1.61. The summed E-state index contributed by atoms with van der Waals surface area (Å²) in [6, 6.07) is 4.79. The van der Waals surface area contributed by atoms with Crippen LogP contribution in [-0.4, -0.2) is 9.97 Å². The quantitative estimate of drug-likeness (QED) is 0.574. The van der Waals surface area contributed by atoms with Crippen LogP contribution in [-0.2, 0) is 0 Å². The van der Waals surface area contributed by atoms with Gasteiger partial charge in [-0.3, -0.25) is 14.8 Å². The van der Waals surface area contributed by atoms with Crippen molar-refractivity contribution in [2.75, 3.05) is 0 Å². The van der Waals surface area contributed by atoms with Gasteiger partial charge >= 0.3 is 0 Å². The van der Waals surface area contributed by atoms with Gasteiger partial charge in [0.25, 0.3) is 0 Å². The molecule has 0 aliphatic rings. The molecule has 0 N–H and O–H groups in total. The van der Waals surface area contributed by atoms with E-state index in [1.54, 1.807) is 30.7 Å². The summed E-state index contributed by atoms with van der Waals surface area (Å²) in [6.07, 6.45) is 4.76. The molecule has 2 rings (SSSR count). The van der Waals surface area contributed by atoms with Crippen molar-refractivity contribution in [2.45, 2.75) is 0 Å². The van der Waals surface area contributed by atoms with Crippen molar-refractivity contribution in [3.05, 3.63) is 47.0 Å². The first-order chi connectivity index (χ1) is 5.88. The zero-order valence-corrected chi connectivity index (χ0v) is 6.27. The zero-order chi connectivity index (χ0) is 8.39. The van der Waals surface area contributed by atoms with Crippen LogP contribution in [0.1, 0.15) is 0 Å². The predicted molar refractivity (Wildman–Crippen MR) is 45.8 cm³/mol. The average Bonchev–Trinajstić information content (AvgIpc) is 2.29. The van der Waals surface area contributed by atoms with E-state index in [-0.39, 0.29) is 5.43 Å². The minimum atomic E-state index is -0.0232. The summed E-state index contributed by atoms with van der Waals surface area (Å²) in [7, 11) is 0. The van der Waals surface area contributed by atoms with Crippen LogP contribution in [0.2, 0.25) is 0 Å². The lowest BCUT2D eigenvalue weighted by Gasteiger charge is -1.85. The highest BCUT2D eigenvalue weighted by Crippen LogP contribution is 2.00. The molecule has 3 nitrogen and oxygen atoms in total. The van der Waals surface area contributed by atoms with Gasteiger partial charge in [0.2, 0.25) is 0 Å². The molecule has 2 aromatic heterocycles. The van der Waals surface area contributed by atoms with Crippen LogP contribution in [0.5, 0.6) is 0 Å². The first-order valence-electron chi connectivity index (χ1n) is 3.57. The van der Waals surface area contributed by atoms with Crippen molar-refractivity contribution < 1.29 is 0 Å². The van der Waals surface area contributed by atoms with Gasteiger partial charge in [0.05, 0.1) is 17.1 Å². The Morgan fingerprint density at radius 2 is 2.08 bits per heavy atom. The van der Waals surface area contributed by atoms with Gasteiger partial charge in [0, 0.05) is 12.4 Å². The van der Waals surface area contributed by atoms with Crippen LogP contribution in [0.3, 0.4) is 0 Å². The van der Waals surface area contributed by atoms with Gasteiger partial charge in [0.15, 0.2) is 5.43 Å². The third kappa shape index (κ3) is 1.05. The Balaban J connectivity index is 3.06. The molecule has 0 radical (unpaired) electrons. The van der Waals surface area contributed by atoms with Crippen molar-refractivity contribution in [3.63, 3.8) is 0 Å². The van der Waals surface area contributed by atoms with Crippen LogP contribution in [0.15, 0.2) is 41.6 Å². The van der Waals surface area contributed by atoms with E-state index in [2.05, 4.69) is 9.97 Å². The lowest BCUT2D eigenvalue weighted by Crippen LogP contribution is -1.94. The van der Waals surface area contributed by atoms with E-state index < -0.39 is 0 Å². The van der Waals surface area contributed by atoms with Crippen molar-refractivity contribution >= 4 is 10.9 Å². The van der Waals surface area contributed by atoms with Crippen LogP contribution < -0.4 is 5.43 Å². The Kier molecular flexibility index (Phi) is 1.55. The highest BCUT2D eigenvalue weighted by Gasteiger charge is 1.93. The normalized spacial score (nSPS) is 10.0. The Morgan fingerprint density at radius 3 is 3.00 bits per heavy atom. The van der Waals surface area contributed by atoms with Crippen LogP contribution >= 0.6 is 0 Å². The maximum atomic E-state index is 11.3. The molecule has 0 spiro atoms. The van der Waals surface area contributed by atoms with Crippen molar-refractivity contribution in [2.24, 2.45) is 0 Å². The standard InChI is InChI=1S/C9H6N2O/c12-9-2-1-4-11-8-6-10-5-3-7(8)9/h1-6H. The maximum Gasteiger partial charge on any atom is 0.188 e. The van der Waals surface area contributed by atoms with Crippen LogP contribution in [0.4, 0.5) is 0 Å². The first kappa shape index (κ1) is 6.91. The number of hydrogen-bond donors (Lipinski definition) is 0. The summed E-state index contributed by atoms with van der Waals surface area (Å²) in [5.74, 6) is 0. The maximum absolute atomic E-state index is 11.3. The summed E-state index contributed by atoms with van der Waals surface area (Å²) in [4.78, 5) is 19.2. The molecule has 0 aromatic carbocycles. The van der Waals surface area contributed by atoms with Gasteiger partial charge in [-0.15, -0.1) is 0 Å². The van der Waals surface area contributed by atoms with Crippen molar-refractivity contribution in [3.8, 4) is 0 Å². The van der Waals surface area contributed by atoms with E-state index in [1.165, 1.54) is 6.07 Å². The number of hydrogen-bond acceptors (Lipinski definition) is 3. The van der Waals surface area contributed by atoms with Gasteiger partial charge in [-0.2, -0.15) is 0 Å². The number of aromatic nitrogens is 2. The molecule has 58 valence electrons. The first-order valence-corrected chi connectivity index (χ1v) is 3.57. The largest absolute Gasteiger partial charge is 0.289 e. The Morgan fingerprint density at radius 1 is 1.17 bits per heavy atom. The van der Waals surface area contributed by atoms with E-state index in [0.29, 0.717) is 10.9 Å². The second-order valence-corrected chi connectivity index (χ2v) is 2.39. The minimum Gasteiger partial charge on any atom is -0.289 e. The van der Waals surface area contributed by atoms with E-state index in [1.807, 2.05) is 0 Å². The van der Waals surface area contributed by atoms with Crippen LogP contribution in [0.25, 0.3) is 10.9 Å². The molecule has 3 heteroatoms. The monoisotopic (exact) mass is 158 g/mol. The molecule has 0 saturated carbocycles. The lowest BCUT2D eigenvalue weighted by molar-refractivity contribution is 1.32. The van der Waals surface area contributed by atoms with Gasteiger partial charge in [-0.1, -0.05) is 0 Å². The summed E-state index contributed by atoms with van der Waals surface area (Å²) < 4.78 is 0. The molecule has 0 atom stereocenters. The molecular formula is C9H6N2O. The molecule has 2 heterocycles. The molecule has 2 aromatic rings. The average molecular weight is 158 g/mol. The fourth-order valence-electron chi connectivity index (χ4n) is 1.04. The molecule has 0 unspecified atom stereocenters. The smallest absolute Gasteiger partial charge is 0.188 e. The molecule has 0 aliphatic heterocycles. The second kappa shape index (κ2) is 2.70. The molecule has 12 heavy (non-hydrogen) atoms.